The Balaban J connectivity index is 3.04. The standard InChI is InChI=1S/C8H5F3N2O2/c1-14-6-2-5(3-12)7(13-4-6)15-8(9,10)11/h2,4H,1H3. The molecule has 1 heterocycles. The Labute approximate surface area is 82.9 Å². The van der Waals surface area contributed by atoms with Crippen LogP contribution in [0.15, 0.2) is 12.3 Å². The smallest absolute Gasteiger partial charge is 0.495 e. The van der Waals surface area contributed by atoms with Crippen LogP contribution in [0.2, 0.25) is 0 Å². The third-order valence-electron chi connectivity index (χ3n) is 1.39. The van der Waals surface area contributed by atoms with Crippen molar-refractivity contribution in [2.75, 3.05) is 7.11 Å². The van der Waals surface area contributed by atoms with Crippen molar-refractivity contribution < 1.29 is 22.6 Å². The number of aromatic nitrogens is 1. The van der Waals surface area contributed by atoms with Crippen LogP contribution in [0.1, 0.15) is 5.56 Å². The molecule has 7 heteroatoms. The molecular weight excluding hydrogens is 213 g/mol. The van der Waals surface area contributed by atoms with Gasteiger partial charge in [-0.2, -0.15) is 5.26 Å². The number of methoxy groups -OCH3 is 1. The van der Waals surface area contributed by atoms with E-state index in [1.54, 1.807) is 0 Å². The van der Waals surface area contributed by atoms with E-state index in [4.69, 9.17) is 10.00 Å². The molecule has 0 aliphatic carbocycles. The average molecular weight is 218 g/mol. The van der Waals surface area contributed by atoms with Crippen LogP contribution in [-0.4, -0.2) is 18.5 Å². The maximum absolute atomic E-state index is 11.8. The van der Waals surface area contributed by atoms with Crippen molar-refractivity contribution in [2.45, 2.75) is 6.36 Å². The van der Waals surface area contributed by atoms with Crippen LogP contribution in [0.4, 0.5) is 13.2 Å². The van der Waals surface area contributed by atoms with Crippen molar-refractivity contribution in [1.82, 2.24) is 4.98 Å². The second-order valence-electron chi connectivity index (χ2n) is 2.39. The molecular formula is C8H5F3N2O2. The van der Waals surface area contributed by atoms with E-state index < -0.39 is 12.2 Å². The monoisotopic (exact) mass is 218 g/mol. The molecule has 0 N–H and O–H groups in total. The summed E-state index contributed by atoms with van der Waals surface area (Å²) in [5, 5.41) is 8.54. The van der Waals surface area contributed by atoms with E-state index in [9.17, 15) is 13.2 Å². The third kappa shape index (κ3) is 3.02. The van der Waals surface area contributed by atoms with E-state index in [-0.39, 0.29) is 11.3 Å². The summed E-state index contributed by atoms with van der Waals surface area (Å²) < 4.78 is 43.7. The molecule has 0 spiro atoms. The fraction of sp³-hybridized carbons (Fsp3) is 0.250. The number of nitriles is 1. The molecule has 1 aromatic rings. The number of ether oxygens (including phenoxy) is 2. The van der Waals surface area contributed by atoms with Crippen molar-refractivity contribution >= 4 is 0 Å². The van der Waals surface area contributed by atoms with Crippen LogP contribution in [0, 0.1) is 11.3 Å². The van der Waals surface area contributed by atoms with Crippen molar-refractivity contribution in [3.8, 4) is 17.7 Å². The topological polar surface area (TPSA) is 55.1 Å². The van der Waals surface area contributed by atoms with Crippen molar-refractivity contribution in [3.63, 3.8) is 0 Å². The molecule has 0 radical (unpaired) electrons. The number of rotatable bonds is 2. The zero-order valence-electron chi connectivity index (χ0n) is 7.50. The largest absolute Gasteiger partial charge is 0.574 e. The Bertz CT molecular complexity index is 398. The zero-order chi connectivity index (χ0) is 11.5. The first-order valence-electron chi connectivity index (χ1n) is 3.66. The van der Waals surface area contributed by atoms with Crippen LogP contribution in [0.25, 0.3) is 0 Å². The van der Waals surface area contributed by atoms with Crippen LogP contribution < -0.4 is 9.47 Å². The van der Waals surface area contributed by atoms with Gasteiger partial charge in [0.05, 0.1) is 13.3 Å². The quantitative estimate of drug-likeness (QED) is 0.760. The van der Waals surface area contributed by atoms with E-state index in [1.165, 1.54) is 13.2 Å². The predicted octanol–water partition coefficient (Wildman–Crippen LogP) is 1.86. The number of nitrogens with zero attached hydrogens (tertiary/aromatic N) is 2. The molecule has 80 valence electrons. The molecule has 0 saturated heterocycles. The lowest BCUT2D eigenvalue weighted by Crippen LogP contribution is -2.18. The minimum absolute atomic E-state index is 0.182. The number of hydrogen-bond donors (Lipinski definition) is 0. The average Bonchev–Trinajstić information content (AvgIpc) is 2.16. The first-order chi connectivity index (χ1) is 6.96. The van der Waals surface area contributed by atoms with Crippen molar-refractivity contribution in [2.24, 2.45) is 0 Å². The molecule has 1 rings (SSSR count). The highest BCUT2D eigenvalue weighted by Crippen LogP contribution is 2.26. The van der Waals surface area contributed by atoms with Crippen molar-refractivity contribution in [1.29, 1.82) is 5.26 Å². The summed E-state index contributed by atoms with van der Waals surface area (Å²) in [5.74, 6) is -0.605. The van der Waals surface area contributed by atoms with Crippen LogP contribution in [0.5, 0.6) is 11.6 Å². The molecule has 0 amide bonds. The van der Waals surface area contributed by atoms with Crippen LogP contribution >= 0.6 is 0 Å². The van der Waals surface area contributed by atoms with Gasteiger partial charge in [-0.05, 0) is 0 Å². The van der Waals surface area contributed by atoms with Gasteiger partial charge < -0.3 is 9.47 Å². The van der Waals surface area contributed by atoms with Gasteiger partial charge in [0.1, 0.15) is 17.4 Å². The maximum Gasteiger partial charge on any atom is 0.574 e. The summed E-state index contributed by atoms with van der Waals surface area (Å²) >= 11 is 0. The normalized spacial score (nSPS) is 10.6. The number of alkyl halides is 3. The minimum Gasteiger partial charge on any atom is -0.495 e. The summed E-state index contributed by atoms with van der Waals surface area (Å²) in [7, 11) is 1.31. The molecule has 15 heavy (non-hydrogen) atoms. The molecule has 0 unspecified atom stereocenters. The first kappa shape index (κ1) is 11.1. The lowest BCUT2D eigenvalue weighted by atomic mass is 10.3. The molecule has 0 bridgehead atoms. The van der Waals surface area contributed by atoms with E-state index in [1.807, 2.05) is 0 Å². The Morgan fingerprint density at radius 3 is 2.60 bits per heavy atom. The summed E-state index contributed by atoms with van der Waals surface area (Å²) in [6, 6.07) is 2.63. The molecule has 4 nitrogen and oxygen atoms in total. The summed E-state index contributed by atoms with van der Waals surface area (Å²) in [6.45, 7) is 0. The van der Waals surface area contributed by atoms with E-state index >= 15 is 0 Å². The van der Waals surface area contributed by atoms with E-state index in [2.05, 4.69) is 9.72 Å². The van der Waals surface area contributed by atoms with Crippen LogP contribution in [-0.2, 0) is 0 Å². The molecule has 0 aromatic carbocycles. The van der Waals surface area contributed by atoms with Gasteiger partial charge in [0, 0.05) is 6.07 Å². The number of hydrogen-bond acceptors (Lipinski definition) is 4. The van der Waals surface area contributed by atoms with Gasteiger partial charge in [0.15, 0.2) is 0 Å². The van der Waals surface area contributed by atoms with Gasteiger partial charge in [-0.25, -0.2) is 4.98 Å². The van der Waals surface area contributed by atoms with Gasteiger partial charge in [-0.15, -0.1) is 13.2 Å². The summed E-state index contributed by atoms with van der Waals surface area (Å²) in [4.78, 5) is 3.32. The highest BCUT2D eigenvalue weighted by atomic mass is 19.4. The molecule has 0 atom stereocenters. The third-order valence-corrected chi connectivity index (χ3v) is 1.39. The van der Waals surface area contributed by atoms with Gasteiger partial charge >= 0.3 is 6.36 Å². The lowest BCUT2D eigenvalue weighted by molar-refractivity contribution is -0.276. The van der Waals surface area contributed by atoms with E-state index in [0.29, 0.717) is 0 Å². The Hall–Kier alpha value is -1.97. The molecule has 0 aliphatic rings. The fourth-order valence-electron chi connectivity index (χ4n) is 0.816. The Kier molecular flexibility index (Phi) is 2.99. The zero-order valence-corrected chi connectivity index (χ0v) is 7.50. The SMILES string of the molecule is COc1cnc(OC(F)(F)F)c(C#N)c1. The Morgan fingerprint density at radius 1 is 1.47 bits per heavy atom. The molecule has 0 fully saturated rings. The lowest BCUT2D eigenvalue weighted by Gasteiger charge is -2.09. The fourth-order valence-corrected chi connectivity index (χ4v) is 0.816. The maximum atomic E-state index is 11.8. The first-order valence-corrected chi connectivity index (χ1v) is 3.66. The van der Waals surface area contributed by atoms with Crippen molar-refractivity contribution in [3.05, 3.63) is 17.8 Å². The predicted molar refractivity (Wildman–Crippen MR) is 42.2 cm³/mol. The van der Waals surface area contributed by atoms with E-state index in [0.717, 1.165) is 12.3 Å². The van der Waals surface area contributed by atoms with Gasteiger partial charge in [-0.3, -0.25) is 0 Å². The number of pyridine rings is 1. The summed E-state index contributed by atoms with van der Waals surface area (Å²) in [6.07, 6.45) is -3.84. The molecule has 1 aromatic heterocycles. The molecule has 0 saturated carbocycles. The second kappa shape index (κ2) is 4.04. The van der Waals surface area contributed by atoms with Gasteiger partial charge in [0.25, 0.3) is 0 Å². The highest BCUT2D eigenvalue weighted by Gasteiger charge is 2.33. The second-order valence-corrected chi connectivity index (χ2v) is 2.39. The number of halogens is 3. The Morgan fingerprint density at radius 2 is 2.13 bits per heavy atom. The minimum atomic E-state index is -4.87. The van der Waals surface area contributed by atoms with Gasteiger partial charge in [0.2, 0.25) is 5.88 Å². The molecule has 0 aliphatic heterocycles. The van der Waals surface area contributed by atoms with Gasteiger partial charge in [-0.1, -0.05) is 0 Å². The summed E-state index contributed by atoms with van der Waals surface area (Å²) in [5.41, 5.74) is -0.341. The van der Waals surface area contributed by atoms with Crippen LogP contribution in [0.3, 0.4) is 0 Å². The highest BCUT2D eigenvalue weighted by molar-refractivity contribution is 5.42.